The molecule has 1 aromatic carbocycles. The zero-order valence-corrected chi connectivity index (χ0v) is 8.34. The van der Waals surface area contributed by atoms with Crippen molar-refractivity contribution in [1.29, 1.82) is 0 Å². The van der Waals surface area contributed by atoms with Crippen molar-refractivity contribution >= 4 is 6.29 Å². The van der Waals surface area contributed by atoms with E-state index in [4.69, 9.17) is 0 Å². The number of nitrogens with zero attached hydrogens (tertiary/aromatic N) is 2. The maximum absolute atomic E-state index is 10.5. The number of aromatic nitrogens is 2. The van der Waals surface area contributed by atoms with Gasteiger partial charge in [0.05, 0.1) is 0 Å². The summed E-state index contributed by atoms with van der Waals surface area (Å²) in [5, 5.41) is 0. The van der Waals surface area contributed by atoms with Crippen LogP contribution in [0.5, 0.6) is 0 Å². The third kappa shape index (κ3) is 2.07. The molecule has 0 radical (unpaired) electrons. The van der Waals surface area contributed by atoms with Crippen LogP contribution >= 0.6 is 0 Å². The summed E-state index contributed by atoms with van der Waals surface area (Å²) in [6.45, 7) is 1.85. The van der Waals surface area contributed by atoms with Crippen LogP contribution in [-0.4, -0.2) is 16.3 Å². The highest BCUT2D eigenvalue weighted by molar-refractivity contribution is 5.76. The number of aryl methyl sites for hydroxylation is 1. The van der Waals surface area contributed by atoms with E-state index in [0.717, 1.165) is 23.2 Å². The van der Waals surface area contributed by atoms with Gasteiger partial charge in [-0.05, 0) is 12.5 Å². The Morgan fingerprint density at radius 2 is 1.60 bits per heavy atom. The molecule has 0 fully saturated rings. The monoisotopic (exact) mass is 198 g/mol. The lowest BCUT2D eigenvalue weighted by Gasteiger charge is -2.00. The van der Waals surface area contributed by atoms with Crippen LogP contribution in [0, 0.1) is 6.92 Å². The summed E-state index contributed by atoms with van der Waals surface area (Å²) < 4.78 is 0. The lowest BCUT2D eigenvalue weighted by atomic mass is 10.1. The molecule has 1 aromatic heterocycles. The summed E-state index contributed by atoms with van der Waals surface area (Å²) in [7, 11) is 0. The molecule has 3 heteroatoms. The van der Waals surface area contributed by atoms with Gasteiger partial charge >= 0.3 is 0 Å². The maximum Gasteiger partial charge on any atom is 0.150 e. The number of carbonyl (C=O) groups is 1. The zero-order valence-electron chi connectivity index (χ0n) is 8.34. The van der Waals surface area contributed by atoms with Crippen LogP contribution in [0.15, 0.2) is 36.7 Å². The van der Waals surface area contributed by atoms with Gasteiger partial charge in [-0.25, -0.2) is 9.97 Å². The van der Waals surface area contributed by atoms with Crippen LogP contribution in [0.25, 0.3) is 11.1 Å². The molecule has 2 aromatic rings. The molecule has 1 heterocycles. The van der Waals surface area contributed by atoms with Gasteiger partial charge < -0.3 is 0 Å². The maximum atomic E-state index is 10.5. The van der Waals surface area contributed by atoms with E-state index < -0.39 is 0 Å². The molecule has 0 saturated heterocycles. The fourth-order valence-corrected chi connectivity index (χ4v) is 1.30. The number of benzene rings is 1. The van der Waals surface area contributed by atoms with E-state index in [2.05, 4.69) is 9.97 Å². The van der Waals surface area contributed by atoms with Crippen molar-refractivity contribution in [2.75, 3.05) is 0 Å². The summed E-state index contributed by atoms with van der Waals surface area (Å²) >= 11 is 0. The Hall–Kier alpha value is -2.03. The summed E-state index contributed by atoms with van der Waals surface area (Å²) in [6.07, 6.45) is 4.38. The number of rotatable bonds is 2. The Morgan fingerprint density at radius 3 is 2.13 bits per heavy atom. The first-order chi connectivity index (χ1) is 7.29. The molecule has 0 unspecified atom stereocenters. The topological polar surface area (TPSA) is 42.9 Å². The number of carbonyl (C=O) groups excluding carboxylic acids is 1. The first kappa shape index (κ1) is 9.52. The molecule has 0 aliphatic carbocycles. The van der Waals surface area contributed by atoms with Crippen molar-refractivity contribution in [3.63, 3.8) is 0 Å². The van der Waals surface area contributed by atoms with E-state index in [1.807, 2.05) is 19.1 Å². The second-order valence-corrected chi connectivity index (χ2v) is 3.26. The molecule has 3 nitrogen and oxygen atoms in total. The van der Waals surface area contributed by atoms with Gasteiger partial charge in [-0.2, -0.15) is 0 Å². The van der Waals surface area contributed by atoms with Gasteiger partial charge in [0.25, 0.3) is 0 Å². The largest absolute Gasteiger partial charge is 0.298 e. The van der Waals surface area contributed by atoms with Crippen molar-refractivity contribution in [2.24, 2.45) is 0 Å². The normalized spacial score (nSPS) is 9.93. The van der Waals surface area contributed by atoms with Crippen LogP contribution in [0.4, 0.5) is 0 Å². The molecule has 74 valence electrons. The van der Waals surface area contributed by atoms with Gasteiger partial charge in [0.15, 0.2) is 0 Å². The first-order valence-electron chi connectivity index (χ1n) is 4.64. The third-order valence-electron chi connectivity index (χ3n) is 2.16. The van der Waals surface area contributed by atoms with Gasteiger partial charge in [0, 0.05) is 23.5 Å². The van der Waals surface area contributed by atoms with Crippen molar-refractivity contribution in [1.82, 2.24) is 9.97 Å². The second-order valence-electron chi connectivity index (χ2n) is 3.26. The fraction of sp³-hybridized carbons (Fsp3) is 0.0833. The number of aldehydes is 1. The standard InChI is InChI=1S/C12H10N2O/c1-9-13-6-12(7-14-9)11-4-2-10(8-15)3-5-11/h2-8H,1H3. The molecule has 15 heavy (non-hydrogen) atoms. The summed E-state index contributed by atoms with van der Waals surface area (Å²) in [6, 6.07) is 7.33. The Morgan fingerprint density at radius 1 is 1.00 bits per heavy atom. The van der Waals surface area contributed by atoms with Gasteiger partial charge in [0.1, 0.15) is 12.1 Å². The van der Waals surface area contributed by atoms with E-state index in [-0.39, 0.29) is 0 Å². The van der Waals surface area contributed by atoms with Gasteiger partial charge in [-0.15, -0.1) is 0 Å². The molecule has 0 spiro atoms. The second kappa shape index (κ2) is 4.00. The Balaban J connectivity index is 2.37. The summed E-state index contributed by atoms with van der Waals surface area (Å²) in [5.41, 5.74) is 2.64. The van der Waals surface area contributed by atoms with Gasteiger partial charge in [-0.3, -0.25) is 4.79 Å². The van der Waals surface area contributed by atoms with Crippen molar-refractivity contribution < 1.29 is 4.79 Å². The first-order valence-corrected chi connectivity index (χ1v) is 4.64. The van der Waals surface area contributed by atoms with Crippen molar-refractivity contribution in [2.45, 2.75) is 6.92 Å². The molecule has 0 bridgehead atoms. The highest BCUT2D eigenvalue weighted by atomic mass is 16.1. The summed E-state index contributed by atoms with van der Waals surface area (Å²) in [4.78, 5) is 18.7. The lowest BCUT2D eigenvalue weighted by Crippen LogP contribution is -1.88. The molecule has 0 saturated carbocycles. The molecular formula is C12H10N2O. The van der Waals surface area contributed by atoms with E-state index in [9.17, 15) is 4.79 Å². The average molecular weight is 198 g/mol. The zero-order chi connectivity index (χ0) is 10.7. The predicted octanol–water partition coefficient (Wildman–Crippen LogP) is 2.26. The van der Waals surface area contributed by atoms with E-state index in [1.54, 1.807) is 24.5 Å². The average Bonchev–Trinajstić information content (AvgIpc) is 2.30. The van der Waals surface area contributed by atoms with Crippen LogP contribution in [0.2, 0.25) is 0 Å². The predicted molar refractivity (Wildman–Crippen MR) is 57.6 cm³/mol. The molecule has 0 aliphatic heterocycles. The Kier molecular flexibility index (Phi) is 2.54. The number of hydrogen-bond donors (Lipinski definition) is 0. The minimum absolute atomic E-state index is 0.673. The fourth-order valence-electron chi connectivity index (χ4n) is 1.30. The van der Waals surface area contributed by atoms with E-state index >= 15 is 0 Å². The van der Waals surface area contributed by atoms with Crippen LogP contribution in [0.3, 0.4) is 0 Å². The van der Waals surface area contributed by atoms with Gasteiger partial charge in [-0.1, -0.05) is 24.3 Å². The minimum Gasteiger partial charge on any atom is -0.298 e. The van der Waals surface area contributed by atoms with E-state index in [0.29, 0.717) is 5.56 Å². The molecule has 0 aliphatic rings. The highest BCUT2D eigenvalue weighted by Gasteiger charge is 1.98. The molecular weight excluding hydrogens is 188 g/mol. The minimum atomic E-state index is 0.673. The SMILES string of the molecule is Cc1ncc(-c2ccc(C=O)cc2)cn1. The Labute approximate surface area is 87.8 Å². The third-order valence-corrected chi connectivity index (χ3v) is 2.16. The van der Waals surface area contributed by atoms with Gasteiger partial charge in [0.2, 0.25) is 0 Å². The lowest BCUT2D eigenvalue weighted by molar-refractivity contribution is 0.112. The molecule has 0 amide bonds. The van der Waals surface area contributed by atoms with Crippen LogP contribution in [0.1, 0.15) is 16.2 Å². The Bertz CT molecular complexity index is 460. The molecule has 0 N–H and O–H groups in total. The van der Waals surface area contributed by atoms with Crippen molar-refractivity contribution in [3.05, 3.63) is 48.0 Å². The quantitative estimate of drug-likeness (QED) is 0.695. The molecule has 2 rings (SSSR count). The van der Waals surface area contributed by atoms with Crippen LogP contribution < -0.4 is 0 Å². The highest BCUT2D eigenvalue weighted by Crippen LogP contribution is 2.17. The molecule has 0 atom stereocenters. The van der Waals surface area contributed by atoms with Crippen molar-refractivity contribution in [3.8, 4) is 11.1 Å². The smallest absolute Gasteiger partial charge is 0.150 e. The van der Waals surface area contributed by atoms with Crippen LogP contribution in [-0.2, 0) is 0 Å². The van der Waals surface area contributed by atoms with E-state index in [1.165, 1.54) is 0 Å². The number of hydrogen-bond acceptors (Lipinski definition) is 3. The summed E-state index contributed by atoms with van der Waals surface area (Å²) in [5.74, 6) is 0.753.